The van der Waals surface area contributed by atoms with Gasteiger partial charge in [-0.15, -0.1) is 0 Å². The quantitative estimate of drug-likeness (QED) is 0.778. The Bertz CT molecular complexity index is 604. The van der Waals surface area contributed by atoms with E-state index in [1.807, 2.05) is 32.0 Å². The molecule has 1 fully saturated rings. The third kappa shape index (κ3) is 1.67. The second kappa shape index (κ2) is 4.23. The predicted molar refractivity (Wildman–Crippen MR) is 72.6 cm³/mol. The molecule has 0 radical (unpaired) electrons. The van der Waals surface area contributed by atoms with Crippen molar-refractivity contribution in [1.82, 2.24) is 5.32 Å². The fourth-order valence-electron chi connectivity index (χ4n) is 2.72. The van der Waals surface area contributed by atoms with Gasteiger partial charge in [-0.3, -0.25) is 9.59 Å². The van der Waals surface area contributed by atoms with E-state index in [4.69, 9.17) is 0 Å². The number of carbonyl (C=O) groups excluding carboxylic acids is 2. The highest BCUT2D eigenvalue weighted by molar-refractivity contribution is 6.29. The Morgan fingerprint density at radius 3 is 2.79 bits per heavy atom. The molecule has 1 saturated heterocycles. The number of amides is 2. The van der Waals surface area contributed by atoms with Crippen LogP contribution in [0.1, 0.15) is 17.5 Å². The average Bonchev–Trinajstić information content (AvgIpc) is 2.67. The maximum Gasteiger partial charge on any atom is 0.263 e. The largest absolute Gasteiger partial charge is 0.390 e. The van der Waals surface area contributed by atoms with Crippen molar-refractivity contribution < 1.29 is 9.59 Å². The van der Waals surface area contributed by atoms with E-state index in [0.717, 1.165) is 17.7 Å². The molecule has 4 nitrogen and oxygen atoms in total. The van der Waals surface area contributed by atoms with Crippen LogP contribution < -0.4 is 10.2 Å². The van der Waals surface area contributed by atoms with Crippen LogP contribution in [0.2, 0.25) is 0 Å². The van der Waals surface area contributed by atoms with Crippen LogP contribution in [0, 0.1) is 19.8 Å². The lowest BCUT2D eigenvalue weighted by Crippen LogP contribution is -2.31. The third-order valence-electron chi connectivity index (χ3n) is 4.00. The number of nitrogens with zero attached hydrogens (tertiary/aromatic N) is 1. The number of imide groups is 1. The Morgan fingerprint density at radius 2 is 2.05 bits per heavy atom. The monoisotopic (exact) mass is 256 g/mol. The highest BCUT2D eigenvalue weighted by Gasteiger charge is 2.45. The van der Waals surface area contributed by atoms with Crippen molar-refractivity contribution in [2.45, 2.75) is 20.3 Å². The molecule has 98 valence electrons. The first-order valence-corrected chi connectivity index (χ1v) is 6.49. The van der Waals surface area contributed by atoms with Crippen LogP contribution in [0.25, 0.3) is 0 Å². The molecular formula is C15H16N2O2. The molecular weight excluding hydrogens is 240 g/mol. The molecule has 1 N–H and O–H groups in total. The van der Waals surface area contributed by atoms with Gasteiger partial charge in [0.15, 0.2) is 0 Å². The van der Waals surface area contributed by atoms with Gasteiger partial charge >= 0.3 is 0 Å². The Morgan fingerprint density at radius 1 is 1.26 bits per heavy atom. The summed E-state index contributed by atoms with van der Waals surface area (Å²) in [6, 6.07) is 5.70. The second-order valence-corrected chi connectivity index (χ2v) is 5.09. The molecule has 0 aliphatic carbocycles. The van der Waals surface area contributed by atoms with Gasteiger partial charge in [-0.1, -0.05) is 12.1 Å². The van der Waals surface area contributed by atoms with Crippen LogP contribution in [0.15, 0.2) is 30.0 Å². The molecule has 0 bridgehead atoms. The molecule has 2 aliphatic heterocycles. The number of benzene rings is 1. The van der Waals surface area contributed by atoms with Gasteiger partial charge in [0.2, 0.25) is 5.91 Å². The summed E-state index contributed by atoms with van der Waals surface area (Å²) >= 11 is 0. The van der Waals surface area contributed by atoms with Gasteiger partial charge in [0, 0.05) is 18.3 Å². The summed E-state index contributed by atoms with van der Waals surface area (Å²) in [6.45, 7) is 4.67. The summed E-state index contributed by atoms with van der Waals surface area (Å²) in [7, 11) is 0. The Kier molecular flexibility index (Phi) is 2.66. The molecule has 0 spiro atoms. The molecule has 19 heavy (non-hydrogen) atoms. The lowest BCUT2D eigenvalue weighted by atomic mass is 9.96. The lowest BCUT2D eigenvalue weighted by Gasteiger charge is -2.18. The van der Waals surface area contributed by atoms with E-state index < -0.39 is 0 Å². The van der Waals surface area contributed by atoms with Crippen molar-refractivity contribution >= 4 is 17.5 Å². The van der Waals surface area contributed by atoms with E-state index in [1.165, 1.54) is 4.90 Å². The number of aryl methyl sites for hydroxylation is 1. The van der Waals surface area contributed by atoms with Crippen LogP contribution in [0.3, 0.4) is 0 Å². The number of rotatable bonds is 1. The summed E-state index contributed by atoms with van der Waals surface area (Å²) in [5.41, 5.74) is 3.37. The van der Waals surface area contributed by atoms with E-state index in [-0.39, 0.29) is 17.7 Å². The maximum absolute atomic E-state index is 12.5. The van der Waals surface area contributed by atoms with Crippen molar-refractivity contribution in [2.24, 2.45) is 5.92 Å². The molecule has 2 amide bonds. The van der Waals surface area contributed by atoms with Gasteiger partial charge < -0.3 is 5.32 Å². The van der Waals surface area contributed by atoms with Crippen molar-refractivity contribution in [3.05, 3.63) is 41.1 Å². The number of hydrogen-bond acceptors (Lipinski definition) is 3. The summed E-state index contributed by atoms with van der Waals surface area (Å²) in [5.74, 6) is -0.545. The summed E-state index contributed by atoms with van der Waals surface area (Å²) in [5, 5.41) is 3.04. The van der Waals surface area contributed by atoms with Gasteiger partial charge in [0.1, 0.15) is 0 Å². The minimum absolute atomic E-state index is 0.0912. The van der Waals surface area contributed by atoms with Gasteiger partial charge in [-0.2, -0.15) is 0 Å². The molecule has 0 aromatic heterocycles. The topological polar surface area (TPSA) is 49.4 Å². The van der Waals surface area contributed by atoms with E-state index in [0.29, 0.717) is 17.7 Å². The molecule has 1 aromatic carbocycles. The van der Waals surface area contributed by atoms with Crippen LogP contribution in [-0.2, 0) is 9.59 Å². The fourth-order valence-corrected chi connectivity index (χ4v) is 2.72. The zero-order chi connectivity index (χ0) is 13.6. The fraction of sp³-hybridized carbons (Fsp3) is 0.333. The molecule has 1 unspecified atom stereocenters. The van der Waals surface area contributed by atoms with Gasteiger partial charge in [-0.25, -0.2) is 4.90 Å². The zero-order valence-corrected chi connectivity index (χ0v) is 11.1. The van der Waals surface area contributed by atoms with Gasteiger partial charge in [0.25, 0.3) is 5.91 Å². The van der Waals surface area contributed by atoms with Crippen molar-refractivity contribution in [3.63, 3.8) is 0 Å². The molecule has 0 saturated carbocycles. The number of hydrogen-bond donors (Lipinski definition) is 1. The number of nitrogens with one attached hydrogen (secondary N) is 1. The standard InChI is InChI=1S/C15H16N2O2/c1-9-4-3-5-13(10(9)2)17-14(18)11-6-7-16-8-12(11)15(17)19/h3-5,8,11,16H,6-7H2,1-2H3. The summed E-state index contributed by atoms with van der Waals surface area (Å²) in [6.07, 6.45) is 2.39. The Labute approximate surface area is 112 Å². The Balaban J connectivity index is 2.09. The van der Waals surface area contributed by atoms with Crippen LogP contribution in [0.4, 0.5) is 5.69 Å². The van der Waals surface area contributed by atoms with Crippen molar-refractivity contribution in [1.29, 1.82) is 0 Å². The highest BCUT2D eigenvalue weighted by Crippen LogP contribution is 2.35. The van der Waals surface area contributed by atoms with Crippen LogP contribution >= 0.6 is 0 Å². The minimum atomic E-state index is -0.270. The van der Waals surface area contributed by atoms with E-state index in [9.17, 15) is 9.59 Å². The number of carbonyl (C=O) groups is 2. The SMILES string of the molecule is Cc1cccc(N2C(=O)C3=CNCCC3C2=O)c1C. The van der Waals surface area contributed by atoms with Crippen molar-refractivity contribution in [3.8, 4) is 0 Å². The molecule has 1 aromatic rings. The molecule has 1 atom stereocenters. The summed E-state index contributed by atoms with van der Waals surface area (Å²) < 4.78 is 0. The normalized spacial score (nSPS) is 22.1. The van der Waals surface area contributed by atoms with E-state index >= 15 is 0 Å². The lowest BCUT2D eigenvalue weighted by molar-refractivity contribution is -0.122. The maximum atomic E-state index is 12.5. The minimum Gasteiger partial charge on any atom is -0.390 e. The van der Waals surface area contributed by atoms with Crippen molar-refractivity contribution in [2.75, 3.05) is 11.4 Å². The molecule has 4 heteroatoms. The van der Waals surface area contributed by atoms with E-state index in [2.05, 4.69) is 5.32 Å². The number of anilines is 1. The first-order chi connectivity index (χ1) is 9.11. The molecule has 2 aliphatic rings. The first kappa shape index (κ1) is 12.0. The second-order valence-electron chi connectivity index (χ2n) is 5.09. The first-order valence-electron chi connectivity index (χ1n) is 6.49. The molecule has 2 heterocycles. The predicted octanol–water partition coefficient (Wildman–Crippen LogP) is 1.67. The highest BCUT2D eigenvalue weighted by atomic mass is 16.2. The summed E-state index contributed by atoms with van der Waals surface area (Å²) in [4.78, 5) is 26.2. The van der Waals surface area contributed by atoms with Crippen LogP contribution in [0.5, 0.6) is 0 Å². The van der Waals surface area contributed by atoms with Gasteiger partial charge in [0.05, 0.1) is 11.6 Å². The molecule has 3 rings (SSSR count). The van der Waals surface area contributed by atoms with Crippen LogP contribution in [-0.4, -0.2) is 18.4 Å². The van der Waals surface area contributed by atoms with E-state index in [1.54, 1.807) is 6.20 Å². The van der Waals surface area contributed by atoms with Gasteiger partial charge in [-0.05, 0) is 37.5 Å². The third-order valence-corrected chi connectivity index (χ3v) is 4.00. The Hall–Kier alpha value is -2.10. The average molecular weight is 256 g/mol. The smallest absolute Gasteiger partial charge is 0.263 e. The number of fused-ring (bicyclic) bond motifs is 1. The zero-order valence-electron chi connectivity index (χ0n) is 11.1.